The molecule has 0 atom stereocenters. The molecule has 1 amide bonds. The molecule has 0 bridgehead atoms. The number of carbonyl (C=O) groups is 1. The molecule has 0 aliphatic rings. The summed E-state index contributed by atoms with van der Waals surface area (Å²) < 4.78 is 15.0. The van der Waals surface area contributed by atoms with Crippen molar-refractivity contribution >= 4 is 11.6 Å². The van der Waals surface area contributed by atoms with Crippen molar-refractivity contribution in [1.29, 1.82) is 0 Å². The number of hydrogen-bond acceptors (Lipinski definition) is 3. The number of halogens is 1. The van der Waals surface area contributed by atoms with Gasteiger partial charge in [0, 0.05) is 18.4 Å². The van der Waals surface area contributed by atoms with E-state index < -0.39 is 11.9 Å². The van der Waals surface area contributed by atoms with Crippen LogP contribution in [-0.4, -0.2) is 20.7 Å². The van der Waals surface area contributed by atoms with Crippen molar-refractivity contribution in [2.45, 2.75) is 19.9 Å². The van der Waals surface area contributed by atoms with Crippen molar-refractivity contribution in [3.05, 3.63) is 42.2 Å². The SMILES string of the molecule is CC(C)n1cc(NC(=O)c2cccnc2F)cn1. The van der Waals surface area contributed by atoms with Crippen LogP contribution >= 0.6 is 0 Å². The zero-order valence-electron chi connectivity index (χ0n) is 10.1. The second-order valence-electron chi connectivity index (χ2n) is 4.10. The Morgan fingerprint density at radius 3 is 2.89 bits per heavy atom. The lowest BCUT2D eigenvalue weighted by Crippen LogP contribution is -2.14. The summed E-state index contributed by atoms with van der Waals surface area (Å²) in [4.78, 5) is 15.2. The molecule has 0 fully saturated rings. The van der Waals surface area contributed by atoms with Gasteiger partial charge < -0.3 is 5.32 Å². The maximum Gasteiger partial charge on any atom is 0.260 e. The average molecular weight is 248 g/mol. The summed E-state index contributed by atoms with van der Waals surface area (Å²) in [6.07, 6.45) is 4.51. The molecule has 5 nitrogen and oxygen atoms in total. The molecule has 2 heterocycles. The van der Waals surface area contributed by atoms with E-state index in [0.717, 1.165) is 0 Å². The molecule has 2 rings (SSSR count). The number of hydrogen-bond donors (Lipinski definition) is 1. The molecule has 0 saturated heterocycles. The topological polar surface area (TPSA) is 59.8 Å². The number of nitrogens with zero attached hydrogens (tertiary/aromatic N) is 3. The minimum Gasteiger partial charge on any atom is -0.319 e. The molecular formula is C12H13FN4O. The van der Waals surface area contributed by atoms with E-state index in [0.29, 0.717) is 5.69 Å². The number of aromatic nitrogens is 3. The Labute approximate surface area is 104 Å². The van der Waals surface area contributed by atoms with Crippen molar-refractivity contribution in [3.8, 4) is 0 Å². The van der Waals surface area contributed by atoms with Gasteiger partial charge in [0.2, 0.25) is 5.95 Å². The molecule has 18 heavy (non-hydrogen) atoms. The van der Waals surface area contributed by atoms with Crippen molar-refractivity contribution < 1.29 is 9.18 Å². The van der Waals surface area contributed by atoms with Gasteiger partial charge in [0.1, 0.15) is 0 Å². The normalized spacial score (nSPS) is 10.7. The molecule has 6 heteroatoms. The van der Waals surface area contributed by atoms with Crippen LogP contribution in [0.2, 0.25) is 0 Å². The minimum atomic E-state index is -0.786. The second kappa shape index (κ2) is 4.95. The third-order valence-corrected chi connectivity index (χ3v) is 2.39. The summed E-state index contributed by atoms with van der Waals surface area (Å²) in [7, 11) is 0. The number of nitrogens with one attached hydrogen (secondary N) is 1. The second-order valence-corrected chi connectivity index (χ2v) is 4.10. The fourth-order valence-corrected chi connectivity index (χ4v) is 1.44. The Bertz CT molecular complexity index is 565. The van der Waals surface area contributed by atoms with Gasteiger partial charge in [-0.3, -0.25) is 9.48 Å². The van der Waals surface area contributed by atoms with E-state index >= 15 is 0 Å². The molecule has 0 radical (unpaired) electrons. The molecule has 1 N–H and O–H groups in total. The summed E-state index contributed by atoms with van der Waals surface area (Å²) in [6.45, 7) is 3.94. The van der Waals surface area contributed by atoms with Crippen LogP contribution in [0.15, 0.2) is 30.7 Å². The molecule has 2 aromatic rings. The van der Waals surface area contributed by atoms with Gasteiger partial charge in [-0.15, -0.1) is 0 Å². The summed E-state index contributed by atoms with van der Waals surface area (Å²) in [5.41, 5.74) is 0.437. The Morgan fingerprint density at radius 1 is 1.50 bits per heavy atom. The number of amides is 1. The monoisotopic (exact) mass is 248 g/mol. The van der Waals surface area contributed by atoms with Crippen LogP contribution < -0.4 is 5.32 Å². The highest BCUT2D eigenvalue weighted by molar-refractivity contribution is 6.04. The lowest BCUT2D eigenvalue weighted by molar-refractivity contribution is 0.102. The van der Waals surface area contributed by atoms with E-state index in [2.05, 4.69) is 15.4 Å². The van der Waals surface area contributed by atoms with E-state index in [1.54, 1.807) is 10.9 Å². The number of pyridine rings is 1. The van der Waals surface area contributed by atoms with E-state index in [1.165, 1.54) is 24.5 Å². The molecule has 2 aromatic heterocycles. The van der Waals surface area contributed by atoms with Crippen LogP contribution in [-0.2, 0) is 0 Å². The molecule has 0 aliphatic heterocycles. The van der Waals surface area contributed by atoms with Gasteiger partial charge in [-0.2, -0.15) is 9.49 Å². The maximum atomic E-state index is 13.3. The zero-order chi connectivity index (χ0) is 13.1. The van der Waals surface area contributed by atoms with Gasteiger partial charge in [-0.1, -0.05) is 0 Å². The maximum absolute atomic E-state index is 13.3. The quantitative estimate of drug-likeness (QED) is 0.847. The fourth-order valence-electron chi connectivity index (χ4n) is 1.44. The molecule has 0 unspecified atom stereocenters. The molecule has 0 spiro atoms. The van der Waals surface area contributed by atoms with Crippen molar-refractivity contribution in [2.24, 2.45) is 0 Å². The molecule has 0 aromatic carbocycles. The molecular weight excluding hydrogens is 235 g/mol. The molecule has 0 aliphatic carbocycles. The average Bonchev–Trinajstić information content (AvgIpc) is 2.78. The lowest BCUT2D eigenvalue weighted by atomic mass is 10.2. The fraction of sp³-hybridized carbons (Fsp3) is 0.250. The standard InChI is InChI=1S/C12H13FN4O/c1-8(2)17-7-9(6-15-17)16-12(18)10-4-3-5-14-11(10)13/h3-8H,1-2H3,(H,16,18). The highest BCUT2D eigenvalue weighted by Crippen LogP contribution is 2.12. The predicted octanol–water partition coefficient (Wildman–Crippen LogP) is 2.25. The van der Waals surface area contributed by atoms with Crippen LogP contribution in [0.5, 0.6) is 0 Å². The lowest BCUT2D eigenvalue weighted by Gasteiger charge is -2.04. The first-order valence-corrected chi connectivity index (χ1v) is 5.54. The van der Waals surface area contributed by atoms with Gasteiger partial charge in [-0.05, 0) is 26.0 Å². The number of carbonyl (C=O) groups excluding carboxylic acids is 1. The number of anilines is 1. The van der Waals surface area contributed by atoms with E-state index in [1.807, 2.05) is 13.8 Å². The van der Waals surface area contributed by atoms with Crippen molar-refractivity contribution in [1.82, 2.24) is 14.8 Å². The van der Waals surface area contributed by atoms with Crippen LogP contribution in [0.1, 0.15) is 30.2 Å². The van der Waals surface area contributed by atoms with E-state index in [4.69, 9.17) is 0 Å². The van der Waals surface area contributed by atoms with Crippen molar-refractivity contribution in [2.75, 3.05) is 5.32 Å². The van der Waals surface area contributed by atoms with Gasteiger partial charge in [0.05, 0.1) is 17.4 Å². The smallest absolute Gasteiger partial charge is 0.260 e. The third kappa shape index (κ3) is 2.53. The van der Waals surface area contributed by atoms with Crippen LogP contribution in [0, 0.1) is 5.95 Å². The molecule has 94 valence electrons. The third-order valence-electron chi connectivity index (χ3n) is 2.39. The first-order valence-electron chi connectivity index (χ1n) is 5.54. The Balaban J connectivity index is 2.14. The van der Waals surface area contributed by atoms with Gasteiger partial charge in [0.15, 0.2) is 0 Å². The first kappa shape index (κ1) is 12.2. The van der Waals surface area contributed by atoms with E-state index in [9.17, 15) is 9.18 Å². The highest BCUT2D eigenvalue weighted by Gasteiger charge is 2.13. The van der Waals surface area contributed by atoms with Crippen LogP contribution in [0.4, 0.5) is 10.1 Å². The summed E-state index contributed by atoms with van der Waals surface area (Å²) in [6, 6.07) is 3.09. The minimum absolute atomic E-state index is 0.0882. The zero-order valence-corrected chi connectivity index (χ0v) is 10.1. The summed E-state index contributed by atoms with van der Waals surface area (Å²) in [5.74, 6) is -1.32. The number of rotatable bonds is 3. The van der Waals surface area contributed by atoms with Crippen LogP contribution in [0.3, 0.4) is 0 Å². The first-order chi connectivity index (χ1) is 8.58. The Hall–Kier alpha value is -2.24. The summed E-state index contributed by atoms with van der Waals surface area (Å²) >= 11 is 0. The predicted molar refractivity (Wildman–Crippen MR) is 64.8 cm³/mol. The Morgan fingerprint density at radius 2 is 2.28 bits per heavy atom. The Kier molecular flexibility index (Phi) is 3.36. The van der Waals surface area contributed by atoms with E-state index in [-0.39, 0.29) is 11.6 Å². The van der Waals surface area contributed by atoms with Crippen molar-refractivity contribution in [3.63, 3.8) is 0 Å². The highest BCUT2D eigenvalue weighted by atomic mass is 19.1. The van der Waals surface area contributed by atoms with Gasteiger partial charge in [0.25, 0.3) is 5.91 Å². The summed E-state index contributed by atoms with van der Waals surface area (Å²) in [5, 5.41) is 6.65. The van der Waals surface area contributed by atoms with Crippen LogP contribution in [0.25, 0.3) is 0 Å². The van der Waals surface area contributed by atoms with Gasteiger partial charge >= 0.3 is 0 Å². The largest absolute Gasteiger partial charge is 0.319 e. The molecule has 0 saturated carbocycles. The van der Waals surface area contributed by atoms with Gasteiger partial charge in [-0.25, -0.2) is 4.98 Å².